The third-order valence-corrected chi connectivity index (χ3v) is 11.4. The van der Waals surface area contributed by atoms with Crippen molar-refractivity contribution in [3.63, 3.8) is 0 Å². The van der Waals surface area contributed by atoms with Crippen LogP contribution in [-0.2, 0) is 27.2 Å². The maximum absolute atomic E-state index is 14.8. The standard InChI is InChI=1S/C31H48F5N5O4SSi/c1-28(2,3)46(43)39-23(16-45-29(4,5)31(34,35)36)26-38-22-15-21(11-12-24(22)41(26)19-44-13-14-47(6,7)8)25(20-9-10-20)40-18-30(32,33)17-37-27(40)42/h11-12,15,20,23,25,39H,9-10,13-14,16-19H2,1-8H3,(H,37,42)/t23-,25+,46+/m0/s1/i18D2. The number of alkyl halides is 5. The zero-order valence-electron chi connectivity index (χ0n) is 30.2. The van der Waals surface area contributed by atoms with Crippen LogP contribution in [0.25, 0.3) is 11.0 Å². The van der Waals surface area contributed by atoms with Crippen LogP contribution < -0.4 is 10.0 Å². The molecule has 266 valence electrons. The van der Waals surface area contributed by atoms with E-state index in [2.05, 4.69) is 29.7 Å². The van der Waals surface area contributed by atoms with E-state index in [0.29, 0.717) is 40.9 Å². The van der Waals surface area contributed by atoms with Crippen molar-refractivity contribution in [3.8, 4) is 0 Å². The number of hydrogen-bond acceptors (Lipinski definition) is 5. The number of benzene rings is 1. The Hall–Kier alpha value is -2.14. The number of nitrogens with one attached hydrogen (secondary N) is 2. The van der Waals surface area contributed by atoms with Crippen molar-refractivity contribution in [2.24, 2.45) is 5.92 Å². The first-order valence-electron chi connectivity index (χ1n) is 16.7. The maximum atomic E-state index is 14.8. The summed E-state index contributed by atoms with van der Waals surface area (Å²) < 4.78 is 116. The van der Waals surface area contributed by atoms with Gasteiger partial charge in [0.1, 0.15) is 18.6 Å². The average molecular weight is 712 g/mol. The molecule has 1 aliphatic carbocycles. The lowest BCUT2D eigenvalue weighted by Gasteiger charge is -2.38. The van der Waals surface area contributed by atoms with Crippen LogP contribution in [0.3, 0.4) is 0 Å². The fraction of sp³-hybridized carbons (Fsp3) is 0.742. The van der Waals surface area contributed by atoms with Gasteiger partial charge in [-0.2, -0.15) is 13.2 Å². The van der Waals surface area contributed by atoms with E-state index in [4.69, 9.17) is 17.2 Å². The molecular formula is C31H48F5N5O4SSi. The van der Waals surface area contributed by atoms with Gasteiger partial charge < -0.3 is 24.3 Å². The van der Waals surface area contributed by atoms with Gasteiger partial charge in [-0.15, -0.1) is 0 Å². The Morgan fingerprint density at radius 1 is 1.19 bits per heavy atom. The van der Waals surface area contributed by atoms with E-state index in [1.165, 1.54) is 0 Å². The zero-order chi connectivity index (χ0) is 37.0. The van der Waals surface area contributed by atoms with Gasteiger partial charge in [0.2, 0.25) is 0 Å². The van der Waals surface area contributed by atoms with Crippen molar-refractivity contribution in [3.05, 3.63) is 29.6 Å². The predicted octanol–water partition coefficient (Wildman–Crippen LogP) is 6.91. The van der Waals surface area contributed by atoms with Crippen LogP contribution in [0.4, 0.5) is 26.7 Å². The minimum Gasteiger partial charge on any atom is -0.364 e. The molecule has 0 radical (unpaired) electrons. The Bertz CT molecular complexity index is 1540. The summed E-state index contributed by atoms with van der Waals surface area (Å²) in [6.45, 7) is 8.88. The molecule has 3 atom stereocenters. The molecule has 2 fully saturated rings. The normalized spacial score (nSPS) is 21.6. The van der Waals surface area contributed by atoms with Gasteiger partial charge in [0.05, 0.1) is 55.2 Å². The van der Waals surface area contributed by atoms with Gasteiger partial charge >= 0.3 is 12.2 Å². The second-order valence-electron chi connectivity index (χ2n) is 15.0. The second-order valence-corrected chi connectivity index (χ2v) is 22.6. The van der Waals surface area contributed by atoms with Gasteiger partial charge in [-0.3, -0.25) is 0 Å². The molecule has 0 bridgehead atoms. The van der Waals surface area contributed by atoms with Crippen molar-refractivity contribution in [2.75, 3.05) is 26.3 Å². The predicted molar refractivity (Wildman–Crippen MR) is 174 cm³/mol. The van der Waals surface area contributed by atoms with Crippen LogP contribution >= 0.6 is 0 Å². The number of carbonyl (C=O) groups excluding carboxylic acids is 1. The largest absolute Gasteiger partial charge is 0.416 e. The number of ether oxygens (including phenoxy) is 2. The van der Waals surface area contributed by atoms with Crippen molar-refractivity contribution in [1.82, 2.24) is 24.5 Å². The highest BCUT2D eigenvalue weighted by Crippen LogP contribution is 2.46. The van der Waals surface area contributed by atoms with E-state index in [9.17, 15) is 31.0 Å². The Labute approximate surface area is 279 Å². The first-order valence-corrected chi connectivity index (χ1v) is 20.5. The van der Waals surface area contributed by atoms with Crippen LogP contribution in [0.15, 0.2) is 18.2 Å². The number of carbonyl (C=O) groups is 1. The van der Waals surface area contributed by atoms with Crippen LogP contribution in [0.1, 0.15) is 73.7 Å². The minimum absolute atomic E-state index is 0.0476. The number of hydrogen-bond donors (Lipinski definition) is 2. The van der Waals surface area contributed by atoms with Gasteiger partial charge in [-0.1, -0.05) is 25.7 Å². The smallest absolute Gasteiger partial charge is 0.364 e. The summed E-state index contributed by atoms with van der Waals surface area (Å²) in [6.07, 6.45) is -3.51. The summed E-state index contributed by atoms with van der Waals surface area (Å²) in [4.78, 5) is 18.3. The monoisotopic (exact) mass is 711 g/mol. The molecule has 9 nitrogen and oxygen atoms in total. The molecule has 2 amide bonds. The van der Waals surface area contributed by atoms with E-state index in [-0.39, 0.29) is 18.5 Å². The highest BCUT2D eigenvalue weighted by Gasteiger charge is 2.49. The molecule has 1 aliphatic heterocycles. The number of halogens is 5. The summed E-state index contributed by atoms with van der Waals surface area (Å²) in [6, 6.07) is 2.58. The van der Waals surface area contributed by atoms with Crippen molar-refractivity contribution in [2.45, 2.75) is 114 Å². The number of imidazole rings is 1. The zero-order valence-corrected chi connectivity index (χ0v) is 30.0. The number of aromatic nitrogens is 2. The average Bonchev–Trinajstić information content (AvgIpc) is 3.72. The number of nitrogens with zero attached hydrogens (tertiary/aromatic N) is 3. The summed E-state index contributed by atoms with van der Waals surface area (Å²) >= 11 is 0. The molecule has 2 aromatic rings. The van der Waals surface area contributed by atoms with Crippen molar-refractivity contribution in [1.29, 1.82) is 0 Å². The van der Waals surface area contributed by atoms with Gasteiger partial charge in [-0.05, 0) is 77.1 Å². The molecule has 1 aromatic heterocycles. The van der Waals surface area contributed by atoms with Gasteiger partial charge in [0.25, 0.3) is 5.92 Å². The molecule has 2 N–H and O–H groups in total. The van der Waals surface area contributed by atoms with E-state index in [0.717, 1.165) is 19.9 Å². The Kier molecular flexibility index (Phi) is 10.1. The third kappa shape index (κ3) is 9.52. The molecule has 1 saturated carbocycles. The van der Waals surface area contributed by atoms with Crippen molar-refractivity contribution >= 4 is 36.1 Å². The van der Waals surface area contributed by atoms with Crippen LogP contribution in [-0.4, -0.2) is 81.5 Å². The molecule has 2 heterocycles. The minimum atomic E-state index is -4.70. The number of amides is 2. The molecule has 0 spiro atoms. The Morgan fingerprint density at radius 3 is 2.43 bits per heavy atom. The van der Waals surface area contributed by atoms with Gasteiger partial charge in [0.15, 0.2) is 5.60 Å². The molecule has 47 heavy (non-hydrogen) atoms. The SMILES string of the molecule is [2H]C1([2H])N([C@@H](c2ccc3c(c2)nc([C@H](COC(C)(C)C(F)(F)F)N[S@](=O)C(C)(C)C)n3COCC[Si](C)(C)C)C2CC2)C(=O)NCC1(F)F. The lowest BCUT2D eigenvalue weighted by Crippen LogP contribution is -2.58. The third-order valence-electron chi connectivity index (χ3n) is 8.08. The highest BCUT2D eigenvalue weighted by molar-refractivity contribution is 7.84. The Morgan fingerprint density at radius 2 is 1.85 bits per heavy atom. The number of urea groups is 1. The quantitative estimate of drug-likeness (QED) is 0.126. The summed E-state index contributed by atoms with van der Waals surface area (Å²) in [7, 11) is -3.25. The summed E-state index contributed by atoms with van der Waals surface area (Å²) in [5, 5.41) is 2.11. The number of rotatable bonds is 14. The fourth-order valence-corrected chi connectivity index (χ4v) is 6.45. The van der Waals surface area contributed by atoms with Crippen LogP contribution in [0.2, 0.25) is 25.7 Å². The Balaban J connectivity index is 1.82. The molecule has 4 rings (SSSR count). The number of fused-ring (bicyclic) bond motifs is 1. The molecular weight excluding hydrogens is 662 g/mol. The lowest BCUT2D eigenvalue weighted by molar-refractivity contribution is -0.265. The van der Waals surface area contributed by atoms with Gasteiger partial charge in [-0.25, -0.2) is 27.5 Å². The summed E-state index contributed by atoms with van der Waals surface area (Å²) in [5.41, 5.74) is -1.37. The van der Waals surface area contributed by atoms with Gasteiger partial charge in [0, 0.05) is 14.7 Å². The molecule has 16 heteroatoms. The van der Waals surface area contributed by atoms with E-state index < -0.39 is 79.3 Å². The highest BCUT2D eigenvalue weighted by atomic mass is 32.2. The summed E-state index contributed by atoms with van der Waals surface area (Å²) in [5.74, 6) is -3.96. The first-order chi connectivity index (χ1) is 22.3. The maximum Gasteiger partial charge on any atom is 0.416 e. The van der Waals surface area contributed by atoms with E-state index in [1.807, 2.05) is 0 Å². The molecule has 1 aromatic carbocycles. The molecule has 1 saturated heterocycles. The van der Waals surface area contributed by atoms with Crippen LogP contribution in [0, 0.1) is 5.92 Å². The second kappa shape index (κ2) is 13.6. The molecule has 0 unspecified atom stereocenters. The topological polar surface area (TPSA) is 97.7 Å². The van der Waals surface area contributed by atoms with E-state index in [1.54, 1.807) is 43.5 Å². The van der Waals surface area contributed by atoms with Crippen molar-refractivity contribution < 1.29 is 43.2 Å². The van der Waals surface area contributed by atoms with E-state index >= 15 is 0 Å². The van der Waals surface area contributed by atoms with Crippen LogP contribution in [0.5, 0.6) is 0 Å². The lowest BCUT2D eigenvalue weighted by atomic mass is 9.99. The molecule has 2 aliphatic rings. The fourth-order valence-electron chi connectivity index (χ4n) is 4.90. The first kappa shape index (κ1) is 34.7.